The number of aromatic amines is 1. The summed E-state index contributed by atoms with van der Waals surface area (Å²) < 4.78 is 0. The molecule has 3 nitrogen and oxygen atoms in total. The van der Waals surface area contributed by atoms with E-state index in [2.05, 4.69) is 36.3 Å². The zero-order chi connectivity index (χ0) is 16.2. The van der Waals surface area contributed by atoms with Crippen LogP contribution in [0.1, 0.15) is 39.0 Å². The third-order valence-electron chi connectivity index (χ3n) is 4.12. The van der Waals surface area contributed by atoms with Crippen LogP contribution in [0.25, 0.3) is 10.9 Å². The number of hydrogen-bond acceptors (Lipinski definition) is 2. The minimum Gasteiger partial charge on any atom is -0.361 e. The Morgan fingerprint density at radius 3 is 2.87 bits per heavy atom. The van der Waals surface area contributed by atoms with E-state index in [1.807, 2.05) is 24.4 Å². The van der Waals surface area contributed by atoms with Gasteiger partial charge in [-0.25, -0.2) is 0 Å². The van der Waals surface area contributed by atoms with Crippen molar-refractivity contribution >= 4 is 28.1 Å². The van der Waals surface area contributed by atoms with Crippen molar-refractivity contribution in [3.05, 3.63) is 57.4 Å². The number of aryl methyl sites for hydroxylation is 2. The van der Waals surface area contributed by atoms with Gasteiger partial charge in [-0.3, -0.25) is 4.79 Å². The maximum atomic E-state index is 12.3. The molecule has 0 saturated carbocycles. The number of hydrogen-bond donors (Lipinski definition) is 2. The minimum absolute atomic E-state index is 0.0419. The van der Waals surface area contributed by atoms with Gasteiger partial charge in [-0.2, -0.15) is 0 Å². The number of amides is 1. The van der Waals surface area contributed by atoms with Gasteiger partial charge in [-0.1, -0.05) is 31.5 Å². The Bertz CT molecular complexity index is 816. The normalized spacial score (nSPS) is 11.0. The summed E-state index contributed by atoms with van der Waals surface area (Å²) in [5, 5.41) is 4.28. The lowest BCUT2D eigenvalue weighted by atomic mass is 10.1. The molecule has 0 spiro atoms. The number of benzene rings is 1. The Morgan fingerprint density at radius 1 is 1.22 bits per heavy atom. The fourth-order valence-corrected chi connectivity index (χ4v) is 3.87. The second-order valence-electron chi connectivity index (χ2n) is 5.81. The molecule has 120 valence electrons. The van der Waals surface area contributed by atoms with Crippen molar-refractivity contribution in [2.75, 3.05) is 6.54 Å². The molecule has 4 heteroatoms. The lowest BCUT2D eigenvalue weighted by Gasteiger charge is -2.03. The molecule has 0 aliphatic rings. The van der Waals surface area contributed by atoms with E-state index < -0.39 is 0 Å². The molecule has 0 atom stereocenters. The van der Waals surface area contributed by atoms with Gasteiger partial charge in [0.2, 0.25) is 0 Å². The number of thiophene rings is 1. The van der Waals surface area contributed by atoms with Crippen LogP contribution in [0, 0.1) is 6.92 Å². The fourth-order valence-electron chi connectivity index (χ4n) is 2.89. The summed E-state index contributed by atoms with van der Waals surface area (Å²) in [6.07, 6.45) is 5.03. The van der Waals surface area contributed by atoms with Gasteiger partial charge in [-0.05, 0) is 43.0 Å². The Kier molecular flexibility index (Phi) is 4.82. The Morgan fingerprint density at radius 2 is 2.04 bits per heavy atom. The lowest BCUT2D eigenvalue weighted by Crippen LogP contribution is -2.24. The van der Waals surface area contributed by atoms with Gasteiger partial charge in [0.15, 0.2) is 0 Å². The summed E-state index contributed by atoms with van der Waals surface area (Å²) in [6.45, 7) is 4.91. The lowest BCUT2D eigenvalue weighted by molar-refractivity contribution is 0.0958. The zero-order valence-electron chi connectivity index (χ0n) is 13.6. The van der Waals surface area contributed by atoms with Gasteiger partial charge in [0.25, 0.3) is 5.91 Å². The van der Waals surface area contributed by atoms with E-state index in [1.165, 1.54) is 21.4 Å². The fraction of sp³-hybridized carbons (Fsp3) is 0.316. The van der Waals surface area contributed by atoms with Gasteiger partial charge >= 0.3 is 0 Å². The van der Waals surface area contributed by atoms with Crippen LogP contribution in [0.3, 0.4) is 0 Å². The van der Waals surface area contributed by atoms with Crippen molar-refractivity contribution in [1.82, 2.24) is 10.3 Å². The van der Waals surface area contributed by atoms with Crippen LogP contribution < -0.4 is 5.32 Å². The molecule has 1 amide bonds. The SMILES string of the molecule is CCCc1cc(C(=O)NCCc2c[nH]c3ccccc23)sc1C. The van der Waals surface area contributed by atoms with Crippen molar-refractivity contribution in [2.45, 2.75) is 33.1 Å². The molecule has 0 aliphatic carbocycles. The molecule has 1 aromatic carbocycles. The zero-order valence-corrected chi connectivity index (χ0v) is 14.4. The number of rotatable bonds is 6. The number of fused-ring (bicyclic) bond motifs is 1. The molecular formula is C19H22N2OS. The molecule has 23 heavy (non-hydrogen) atoms. The molecular weight excluding hydrogens is 304 g/mol. The highest BCUT2D eigenvalue weighted by molar-refractivity contribution is 7.14. The molecule has 3 aromatic rings. The van der Waals surface area contributed by atoms with Crippen LogP contribution in [-0.4, -0.2) is 17.4 Å². The van der Waals surface area contributed by atoms with E-state index in [0.29, 0.717) is 6.54 Å². The first-order chi connectivity index (χ1) is 11.2. The average molecular weight is 326 g/mol. The molecule has 0 radical (unpaired) electrons. The second-order valence-corrected chi connectivity index (χ2v) is 7.06. The number of H-pyrrole nitrogens is 1. The standard InChI is InChI=1S/C19H22N2OS/c1-3-6-14-11-18(23-13(14)2)19(22)20-10-9-15-12-21-17-8-5-4-7-16(15)17/h4-5,7-8,11-12,21H,3,6,9-10H2,1-2H3,(H,20,22). The summed E-state index contributed by atoms with van der Waals surface area (Å²) in [7, 11) is 0. The molecule has 0 unspecified atom stereocenters. The quantitative estimate of drug-likeness (QED) is 0.690. The van der Waals surface area contributed by atoms with Crippen molar-refractivity contribution < 1.29 is 4.79 Å². The van der Waals surface area contributed by atoms with Gasteiger partial charge in [0, 0.05) is 28.5 Å². The molecule has 2 N–H and O–H groups in total. The van der Waals surface area contributed by atoms with Gasteiger partial charge in [-0.15, -0.1) is 11.3 Å². The largest absolute Gasteiger partial charge is 0.361 e. The van der Waals surface area contributed by atoms with E-state index in [0.717, 1.165) is 29.7 Å². The Hall–Kier alpha value is -2.07. The van der Waals surface area contributed by atoms with E-state index in [-0.39, 0.29) is 5.91 Å². The monoisotopic (exact) mass is 326 g/mol. The molecule has 2 aromatic heterocycles. The van der Waals surface area contributed by atoms with E-state index in [1.54, 1.807) is 11.3 Å². The third-order valence-corrected chi connectivity index (χ3v) is 5.21. The topological polar surface area (TPSA) is 44.9 Å². The summed E-state index contributed by atoms with van der Waals surface area (Å²) in [4.78, 5) is 17.7. The predicted molar refractivity (Wildman–Crippen MR) is 97.4 cm³/mol. The number of aromatic nitrogens is 1. The summed E-state index contributed by atoms with van der Waals surface area (Å²) in [5.74, 6) is 0.0419. The number of nitrogens with one attached hydrogen (secondary N) is 2. The highest BCUT2D eigenvalue weighted by atomic mass is 32.1. The van der Waals surface area contributed by atoms with Crippen LogP contribution in [0.4, 0.5) is 0 Å². The summed E-state index contributed by atoms with van der Waals surface area (Å²) >= 11 is 1.59. The molecule has 0 aliphatic heterocycles. The van der Waals surface area contributed by atoms with Crippen LogP contribution in [0.5, 0.6) is 0 Å². The van der Waals surface area contributed by atoms with E-state index >= 15 is 0 Å². The number of para-hydroxylation sites is 1. The van der Waals surface area contributed by atoms with Crippen molar-refractivity contribution in [3.63, 3.8) is 0 Å². The van der Waals surface area contributed by atoms with E-state index in [9.17, 15) is 4.79 Å². The van der Waals surface area contributed by atoms with Gasteiger partial charge in [0.05, 0.1) is 4.88 Å². The maximum absolute atomic E-state index is 12.3. The molecule has 0 fully saturated rings. The molecule has 0 saturated heterocycles. The van der Waals surface area contributed by atoms with Crippen LogP contribution in [0.15, 0.2) is 36.5 Å². The van der Waals surface area contributed by atoms with Crippen molar-refractivity contribution in [1.29, 1.82) is 0 Å². The third kappa shape index (κ3) is 3.48. The smallest absolute Gasteiger partial charge is 0.261 e. The first-order valence-corrected chi connectivity index (χ1v) is 8.93. The Balaban J connectivity index is 1.60. The first kappa shape index (κ1) is 15.8. The first-order valence-electron chi connectivity index (χ1n) is 8.11. The number of carbonyl (C=O) groups is 1. The Labute approximate surface area is 140 Å². The molecule has 0 bridgehead atoms. The number of carbonyl (C=O) groups excluding carboxylic acids is 1. The second kappa shape index (κ2) is 7.01. The van der Waals surface area contributed by atoms with E-state index in [4.69, 9.17) is 0 Å². The van der Waals surface area contributed by atoms with Gasteiger partial charge < -0.3 is 10.3 Å². The highest BCUT2D eigenvalue weighted by Gasteiger charge is 2.12. The summed E-state index contributed by atoms with van der Waals surface area (Å²) in [5.41, 5.74) is 3.70. The van der Waals surface area contributed by atoms with Crippen molar-refractivity contribution in [2.24, 2.45) is 0 Å². The van der Waals surface area contributed by atoms with Crippen LogP contribution in [0.2, 0.25) is 0 Å². The maximum Gasteiger partial charge on any atom is 0.261 e. The van der Waals surface area contributed by atoms with Crippen LogP contribution >= 0.6 is 11.3 Å². The summed E-state index contributed by atoms with van der Waals surface area (Å²) in [6, 6.07) is 10.3. The highest BCUT2D eigenvalue weighted by Crippen LogP contribution is 2.23. The average Bonchev–Trinajstić information content (AvgIpc) is 3.12. The van der Waals surface area contributed by atoms with Gasteiger partial charge in [0.1, 0.15) is 0 Å². The minimum atomic E-state index is 0.0419. The molecule has 3 rings (SSSR count). The molecule has 2 heterocycles. The van der Waals surface area contributed by atoms with Crippen molar-refractivity contribution in [3.8, 4) is 0 Å². The predicted octanol–water partition coefficient (Wildman–Crippen LogP) is 4.46. The van der Waals surface area contributed by atoms with Crippen LogP contribution in [-0.2, 0) is 12.8 Å².